The van der Waals surface area contributed by atoms with Gasteiger partial charge >= 0.3 is 6.03 Å². The molecule has 1 aromatic carbocycles. The zero-order valence-corrected chi connectivity index (χ0v) is 15.6. The molecule has 0 saturated carbocycles. The summed E-state index contributed by atoms with van der Waals surface area (Å²) in [6, 6.07) is 8.04. The number of halogens is 1. The number of benzene rings is 1. The number of nitrogens with one attached hydrogen (secondary N) is 3. The SMILES string of the molecule is Cl.O=C(CCNC(=O)N1CCc2ccccc2C1)NCC1CNCC1O. The minimum absolute atomic E-state index is 0. The Morgan fingerprint density at radius 1 is 1.19 bits per heavy atom. The fraction of sp³-hybridized carbons (Fsp3) is 0.556. The number of carbonyl (C=O) groups excluding carboxylic acids is 2. The first-order valence-corrected chi connectivity index (χ1v) is 8.88. The number of carbonyl (C=O) groups is 2. The Balaban J connectivity index is 0.00000243. The average molecular weight is 383 g/mol. The molecule has 0 spiro atoms. The van der Waals surface area contributed by atoms with Crippen LogP contribution in [0.1, 0.15) is 17.5 Å². The van der Waals surface area contributed by atoms with Crippen molar-refractivity contribution in [2.75, 3.05) is 32.7 Å². The van der Waals surface area contributed by atoms with Crippen LogP contribution in [-0.4, -0.2) is 60.8 Å². The Labute approximate surface area is 159 Å². The van der Waals surface area contributed by atoms with Gasteiger partial charge in [-0.25, -0.2) is 4.79 Å². The van der Waals surface area contributed by atoms with E-state index in [1.54, 1.807) is 4.90 Å². The summed E-state index contributed by atoms with van der Waals surface area (Å²) in [4.78, 5) is 25.9. The molecule has 0 aromatic heterocycles. The van der Waals surface area contributed by atoms with Gasteiger partial charge in [-0.05, 0) is 17.5 Å². The third-order valence-electron chi connectivity index (χ3n) is 4.91. The number of β-amino-alcohol motifs (C(OH)–C–C–N with tert-alkyl or cyclic N) is 1. The number of hydrogen-bond acceptors (Lipinski definition) is 4. The molecule has 0 aliphatic carbocycles. The van der Waals surface area contributed by atoms with Crippen molar-refractivity contribution >= 4 is 24.3 Å². The predicted molar refractivity (Wildman–Crippen MR) is 101 cm³/mol. The number of aliphatic hydroxyl groups is 1. The van der Waals surface area contributed by atoms with Gasteiger partial charge < -0.3 is 26.0 Å². The number of amides is 3. The highest BCUT2D eigenvalue weighted by Gasteiger charge is 2.25. The normalized spacial score (nSPS) is 21.5. The summed E-state index contributed by atoms with van der Waals surface area (Å²) >= 11 is 0. The highest BCUT2D eigenvalue weighted by Crippen LogP contribution is 2.18. The highest BCUT2D eigenvalue weighted by molar-refractivity contribution is 5.85. The molecule has 7 nitrogen and oxygen atoms in total. The zero-order valence-electron chi connectivity index (χ0n) is 14.7. The molecule has 3 amide bonds. The van der Waals surface area contributed by atoms with E-state index in [0.717, 1.165) is 6.42 Å². The molecule has 2 aliphatic heterocycles. The molecule has 26 heavy (non-hydrogen) atoms. The van der Waals surface area contributed by atoms with Gasteiger partial charge in [0, 0.05) is 51.6 Å². The third-order valence-corrected chi connectivity index (χ3v) is 4.91. The van der Waals surface area contributed by atoms with Crippen molar-refractivity contribution in [3.05, 3.63) is 35.4 Å². The van der Waals surface area contributed by atoms with Crippen LogP contribution >= 0.6 is 12.4 Å². The molecule has 2 heterocycles. The second-order valence-corrected chi connectivity index (χ2v) is 6.71. The lowest BCUT2D eigenvalue weighted by Gasteiger charge is -2.28. The monoisotopic (exact) mass is 382 g/mol. The Kier molecular flexibility index (Phi) is 7.68. The Bertz CT molecular complexity index is 628. The second kappa shape index (κ2) is 9.75. The van der Waals surface area contributed by atoms with Gasteiger partial charge in [-0.2, -0.15) is 0 Å². The first-order valence-electron chi connectivity index (χ1n) is 8.88. The molecule has 1 aromatic rings. The van der Waals surface area contributed by atoms with E-state index in [-0.39, 0.29) is 36.7 Å². The number of nitrogens with zero attached hydrogens (tertiary/aromatic N) is 1. The molecule has 144 valence electrons. The van der Waals surface area contributed by atoms with Crippen molar-refractivity contribution in [3.63, 3.8) is 0 Å². The van der Waals surface area contributed by atoms with Crippen LogP contribution in [0.5, 0.6) is 0 Å². The van der Waals surface area contributed by atoms with E-state index in [2.05, 4.69) is 28.1 Å². The number of urea groups is 1. The van der Waals surface area contributed by atoms with Crippen LogP contribution in [0.2, 0.25) is 0 Å². The average Bonchev–Trinajstić information content (AvgIpc) is 3.04. The smallest absolute Gasteiger partial charge is 0.317 e. The molecule has 2 aliphatic rings. The maximum atomic E-state index is 12.2. The molecule has 2 atom stereocenters. The molecule has 4 N–H and O–H groups in total. The first-order chi connectivity index (χ1) is 12.1. The first kappa shape index (κ1) is 20.5. The van der Waals surface area contributed by atoms with Crippen LogP contribution in [0, 0.1) is 5.92 Å². The van der Waals surface area contributed by atoms with E-state index in [1.165, 1.54) is 11.1 Å². The van der Waals surface area contributed by atoms with E-state index in [0.29, 0.717) is 39.3 Å². The van der Waals surface area contributed by atoms with Crippen molar-refractivity contribution in [2.45, 2.75) is 25.5 Å². The lowest BCUT2D eigenvalue weighted by Crippen LogP contribution is -2.44. The van der Waals surface area contributed by atoms with Gasteiger partial charge in [0.25, 0.3) is 0 Å². The van der Waals surface area contributed by atoms with Crippen LogP contribution in [0.25, 0.3) is 0 Å². The molecule has 1 saturated heterocycles. The zero-order chi connectivity index (χ0) is 17.6. The molecule has 2 unspecified atom stereocenters. The van der Waals surface area contributed by atoms with E-state index in [4.69, 9.17) is 0 Å². The highest BCUT2D eigenvalue weighted by atomic mass is 35.5. The molecular weight excluding hydrogens is 356 g/mol. The van der Waals surface area contributed by atoms with E-state index < -0.39 is 6.10 Å². The molecular formula is C18H27ClN4O3. The topological polar surface area (TPSA) is 93.7 Å². The van der Waals surface area contributed by atoms with Gasteiger partial charge in [-0.1, -0.05) is 24.3 Å². The van der Waals surface area contributed by atoms with Crippen molar-refractivity contribution in [3.8, 4) is 0 Å². The van der Waals surface area contributed by atoms with Crippen LogP contribution in [0.3, 0.4) is 0 Å². The predicted octanol–water partition coefficient (Wildman–Crippen LogP) is 0.263. The van der Waals surface area contributed by atoms with Crippen molar-refractivity contribution in [1.82, 2.24) is 20.9 Å². The van der Waals surface area contributed by atoms with E-state index in [1.807, 2.05) is 12.1 Å². The number of fused-ring (bicyclic) bond motifs is 1. The summed E-state index contributed by atoms with van der Waals surface area (Å²) in [6.45, 7) is 3.38. The molecule has 3 rings (SSSR count). The molecule has 0 bridgehead atoms. The van der Waals surface area contributed by atoms with E-state index >= 15 is 0 Å². The quantitative estimate of drug-likeness (QED) is 0.587. The van der Waals surface area contributed by atoms with Crippen molar-refractivity contribution in [1.29, 1.82) is 0 Å². The summed E-state index contributed by atoms with van der Waals surface area (Å²) in [7, 11) is 0. The Morgan fingerprint density at radius 2 is 1.96 bits per heavy atom. The third kappa shape index (κ3) is 5.33. The van der Waals surface area contributed by atoms with Gasteiger partial charge in [0.1, 0.15) is 0 Å². The van der Waals surface area contributed by atoms with Crippen molar-refractivity contribution in [2.24, 2.45) is 5.92 Å². The van der Waals surface area contributed by atoms with Gasteiger partial charge in [0.05, 0.1) is 6.10 Å². The molecule has 0 radical (unpaired) electrons. The Morgan fingerprint density at radius 3 is 2.69 bits per heavy atom. The maximum Gasteiger partial charge on any atom is 0.317 e. The largest absolute Gasteiger partial charge is 0.391 e. The lowest BCUT2D eigenvalue weighted by atomic mass is 10.0. The van der Waals surface area contributed by atoms with Gasteiger partial charge in [-0.3, -0.25) is 4.79 Å². The summed E-state index contributed by atoms with van der Waals surface area (Å²) in [5.41, 5.74) is 2.49. The minimum atomic E-state index is -0.401. The standard InChI is InChI=1S/C18H26N4O3.ClH/c23-16-11-19-9-15(16)10-21-17(24)5-7-20-18(25)22-8-6-13-3-1-2-4-14(13)12-22;/h1-4,15-16,19,23H,5-12H2,(H,20,25)(H,21,24);1H. The van der Waals surface area contributed by atoms with Crippen LogP contribution < -0.4 is 16.0 Å². The van der Waals surface area contributed by atoms with Gasteiger partial charge in [0.15, 0.2) is 0 Å². The maximum absolute atomic E-state index is 12.2. The number of hydrogen-bond donors (Lipinski definition) is 4. The lowest BCUT2D eigenvalue weighted by molar-refractivity contribution is -0.121. The second-order valence-electron chi connectivity index (χ2n) is 6.71. The summed E-state index contributed by atoms with van der Waals surface area (Å²) in [5, 5.41) is 18.4. The molecule has 1 fully saturated rings. The summed E-state index contributed by atoms with van der Waals surface area (Å²) in [6.07, 6.45) is 0.704. The van der Waals surface area contributed by atoms with Crippen molar-refractivity contribution < 1.29 is 14.7 Å². The Hall–Kier alpha value is -1.83. The van der Waals surface area contributed by atoms with Crippen LogP contribution in [0.4, 0.5) is 4.79 Å². The summed E-state index contributed by atoms with van der Waals surface area (Å²) in [5.74, 6) is -0.0460. The van der Waals surface area contributed by atoms with E-state index in [9.17, 15) is 14.7 Å². The fourth-order valence-electron chi connectivity index (χ4n) is 3.32. The molecule has 8 heteroatoms. The van der Waals surface area contributed by atoms with Gasteiger partial charge in [-0.15, -0.1) is 12.4 Å². The van der Waals surface area contributed by atoms with Crippen LogP contribution in [0.15, 0.2) is 24.3 Å². The minimum Gasteiger partial charge on any atom is -0.391 e. The summed E-state index contributed by atoms with van der Waals surface area (Å²) < 4.78 is 0. The van der Waals surface area contributed by atoms with Crippen LogP contribution in [-0.2, 0) is 17.8 Å². The number of aliphatic hydroxyl groups excluding tert-OH is 1. The number of rotatable bonds is 5. The fourth-order valence-corrected chi connectivity index (χ4v) is 3.32. The van der Waals surface area contributed by atoms with Gasteiger partial charge in [0.2, 0.25) is 5.91 Å².